The van der Waals surface area contributed by atoms with Crippen molar-refractivity contribution < 1.29 is 19.1 Å². The molecule has 8 heteroatoms. The minimum absolute atomic E-state index is 0.0637. The number of amides is 3. The molecule has 2 heterocycles. The Balaban J connectivity index is 1.23. The second-order valence-electron chi connectivity index (χ2n) is 8.92. The molecule has 0 bridgehead atoms. The first kappa shape index (κ1) is 21.1. The van der Waals surface area contributed by atoms with Crippen molar-refractivity contribution in [3.8, 4) is 0 Å². The maximum absolute atomic E-state index is 13.3. The maximum Gasteiger partial charge on any atom is 0.322 e. The summed E-state index contributed by atoms with van der Waals surface area (Å²) in [6, 6.07) is 4.77. The summed E-state index contributed by atoms with van der Waals surface area (Å²) >= 11 is 0. The average molecular weight is 419 g/mol. The van der Waals surface area contributed by atoms with Crippen molar-refractivity contribution >= 4 is 17.6 Å². The largest absolute Gasteiger partial charge is 0.391 e. The van der Waals surface area contributed by atoms with Gasteiger partial charge in [0, 0.05) is 31.9 Å². The van der Waals surface area contributed by atoms with Crippen LogP contribution < -0.4 is 5.32 Å². The van der Waals surface area contributed by atoms with Crippen molar-refractivity contribution in [1.82, 2.24) is 14.7 Å². The topological polar surface area (TPSA) is 76.1 Å². The van der Waals surface area contributed by atoms with Crippen molar-refractivity contribution in [3.05, 3.63) is 30.1 Å². The summed E-state index contributed by atoms with van der Waals surface area (Å²) in [7, 11) is 0. The van der Waals surface area contributed by atoms with Gasteiger partial charge in [-0.3, -0.25) is 4.79 Å². The van der Waals surface area contributed by atoms with Crippen molar-refractivity contribution in [2.75, 3.05) is 44.6 Å². The third-order valence-corrected chi connectivity index (χ3v) is 6.94. The van der Waals surface area contributed by atoms with Crippen molar-refractivity contribution in [3.63, 3.8) is 0 Å². The normalized spacial score (nSPS) is 26.2. The van der Waals surface area contributed by atoms with Gasteiger partial charge in [-0.05, 0) is 69.3 Å². The number of β-amino-alcohol motifs (C(OH)–C–C–N with tert-alkyl or cyclic N) is 1. The Morgan fingerprint density at radius 3 is 2.73 bits per heavy atom. The molecule has 3 aliphatic rings. The molecule has 2 unspecified atom stereocenters. The summed E-state index contributed by atoms with van der Waals surface area (Å²) in [4.78, 5) is 30.9. The van der Waals surface area contributed by atoms with E-state index in [2.05, 4.69) is 10.2 Å². The van der Waals surface area contributed by atoms with Gasteiger partial charge in [-0.1, -0.05) is 6.07 Å². The molecular formula is C22H31FN4O3. The lowest BCUT2D eigenvalue weighted by Crippen LogP contribution is -2.58. The number of aliphatic hydroxyl groups is 1. The Bertz CT molecular complexity index is 800. The van der Waals surface area contributed by atoms with Crippen LogP contribution in [0.5, 0.6) is 0 Å². The Kier molecular flexibility index (Phi) is 5.97. The van der Waals surface area contributed by atoms with Crippen molar-refractivity contribution in [2.24, 2.45) is 5.41 Å². The van der Waals surface area contributed by atoms with Crippen LogP contribution in [0.3, 0.4) is 0 Å². The number of piperidine rings is 1. The molecule has 2 N–H and O–H groups in total. The second kappa shape index (κ2) is 8.51. The van der Waals surface area contributed by atoms with Gasteiger partial charge in [-0.25, -0.2) is 9.18 Å². The minimum atomic E-state index is -0.557. The summed E-state index contributed by atoms with van der Waals surface area (Å²) in [6.45, 7) is 5.95. The summed E-state index contributed by atoms with van der Waals surface area (Å²) in [5, 5.41) is 13.0. The molecule has 1 aromatic rings. The summed E-state index contributed by atoms with van der Waals surface area (Å²) in [6.07, 6.45) is 4.03. The predicted molar refractivity (Wildman–Crippen MR) is 112 cm³/mol. The number of piperazine rings is 1. The molecule has 2 aliphatic heterocycles. The fourth-order valence-corrected chi connectivity index (χ4v) is 4.70. The summed E-state index contributed by atoms with van der Waals surface area (Å²) < 4.78 is 13.3. The van der Waals surface area contributed by atoms with E-state index in [1.165, 1.54) is 23.1 Å². The van der Waals surface area contributed by atoms with Gasteiger partial charge in [0.1, 0.15) is 11.9 Å². The monoisotopic (exact) mass is 418 g/mol. The van der Waals surface area contributed by atoms with Crippen molar-refractivity contribution in [1.29, 1.82) is 0 Å². The molecule has 7 nitrogen and oxygen atoms in total. The van der Waals surface area contributed by atoms with E-state index in [9.17, 15) is 19.1 Å². The first-order valence-corrected chi connectivity index (χ1v) is 10.9. The molecule has 4 rings (SSSR count). The van der Waals surface area contributed by atoms with Gasteiger partial charge in [0.15, 0.2) is 0 Å². The third-order valence-electron chi connectivity index (χ3n) is 6.94. The molecule has 2 atom stereocenters. The number of hydrogen-bond acceptors (Lipinski definition) is 4. The van der Waals surface area contributed by atoms with E-state index < -0.39 is 17.9 Å². The van der Waals surface area contributed by atoms with E-state index >= 15 is 0 Å². The van der Waals surface area contributed by atoms with E-state index in [1.54, 1.807) is 13.0 Å². The van der Waals surface area contributed by atoms with E-state index in [0.717, 1.165) is 45.3 Å². The molecule has 1 saturated carbocycles. The lowest BCUT2D eigenvalue weighted by molar-refractivity contribution is -0.139. The number of nitrogens with zero attached hydrogens (tertiary/aromatic N) is 3. The molecule has 0 radical (unpaired) electrons. The number of urea groups is 1. The molecule has 164 valence electrons. The molecule has 2 saturated heterocycles. The molecule has 1 spiro atoms. The highest BCUT2D eigenvalue weighted by atomic mass is 19.1. The molecule has 1 aromatic carbocycles. The SMILES string of the molecule is CC1C(=O)N(CCCN2CCC3(CC3)C(O)C2)CCN1C(=O)Nc1cccc(F)c1. The first-order valence-electron chi connectivity index (χ1n) is 10.9. The van der Waals surface area contributed by atoms with Gasteiger partial charge < -0.3 is 25.1 Å². The van der Waals surface area contributed by atoms with E-state index in [-0.39, 0.29) is 17.4 Å². The van der Waals surface area contributed by atoms with Crippen LogP contribution in [0, 0.1) is 11.2 Å². The van der Waals surface area contributed by atoms with Crippen LogP contribution in [-0.4, -0.2) is 83.2 Å². The molecule has 0 aromatic heterocycles. The van der Waals surface area contributed by atoms with Gasteiger partial charge in [-0.15, -0.1) is 0 Å². The average Bonchev–Trinajstić information content (AvgIpc) is 3.49. The number of aliphatic hydroxyl groups excluding tert-OH is 1. The van der Waals surface area contributed by atoms with Crippen LogP contribution in [0.4, 0.5) is 14.9 Å². The third kappa shape index (κ3) is 4.44. The van der Waals surface area contributed by atoms with Gasteiger partial charge in [0.2, 0.25) is 5.91 Å². The van der Waals surface area contributed by atoms with Crippen LogP contribution in [-0.2, 0) is 4.79 Å². The number of hydrogen-bond donors (Lipinski definition) is 2. The van der Waals surface area contributed by atoms with E-state index in [4.69, 9.17) is 0 Å². The van der Waals surface area contributed by atoms with Gasteiger partial charge in [0.05, 0.1) is 6.10 Å². The zero-order valence-electron chi connectivity index (χ0n) is 17.5. The zero-order valence-corrected chi connectivity index (χ0v) is 17.5. The van der Waals surface area contributed by atoms with E-state index in [1.807, 2.05) is 4.90 Å². The highest BCUT2D eigenvalue weighted by Gasteiger charge is 2.51. The fraction of sp³-hybridized carbons (Fsp3) is 0.636. The van der Waals surface area contributed by atoms with Crippen LogP contribution in [0.2, 0.25) is 0 Å². The number of anilines is 1. The first-order chi connectivity index (χ1) is 14.4. The predicted octanol–water partition coefficient (Wildman–Crippen LogP) is 2.13. The van der Waals surface area contributed by atoms with E-state index in [0.29, 0.717) is 25.3 Å². The Morgan fingerprint density at radius 2 is 2.03 bits per heavy atom. The number of rotatable bonds is 5. The molecule has 1 aliphatic carbocycles. The Labute approximate surface area is 176 Å². The smallest absolute Gasteiger partial charge is 0.322 e. The van der Waals surface area contributed by atoms with Crippen LogP contribution in [0.25, 0.3) is 0 Å². The van der Waals surface area contributed by atoms with Crippen LogP contribution in [0.1, 0.15) is 32.6 Å². The van der Waals surface area contributed by atoms with Gasteiger partial charge >= 0.3 is 6.03 Å². The zero-order chi connectivity index (χ0) is 21.3. The second-order valence-corrected chi connectivity index (χ2v) is 8.92. The number of benzene rings is 1. The quantitative estimate of drug-likeness (QED) is 0.768. The lowest BCUT2D eigenvalue weighted by Gasteiger charge is -2.40. The molecule has 3 amide bonds. The summed E-state index contributed by atoms with van der Waals surface area (Å²) in [5.74, 6) is -0.485. The minimum Gasteiger partial charge on any atom is -0.391 e. The standard InChI is InChI=1S/C22H31FN4O3/c1-16-20(29)26(10-3-9-25-11-8-22(6-7-22)19(28)15-25)12-13-27(16)21(30)24-18-5-2-4-17(23)14-18/h2,4-5,14,16,19,28H,3,6-13,15H2,1H3,(H,24,30). The van der Waals surface area contributed by atoms with Crippen LogP contribution in [0.15, 0.2) is 24.3 Å². The molecular weight excluding hydrogens is 387 g/mol. The number of carbonyl (C=O) groups is 2. The highest BCUT2D eigenvalue weighted by Crippen LogP contribution is 2.53. The van der Waals surface area contributed by atoms with Gasteiger partial charge in [0.25, 0.3) is 0 Å². The number of likely N-dealkylation sites (tertiary alicyclic amines) is 1. The maximum atomic E-state index is 13.3. The Hall–Kier alpha value is -2.19. The highest BCUT2D eigenvalue weighted by molar-refractivity contribution is 5.94. The molecule has 3 fully saturated rings. The number of carbonyl (C=O) groups excluding carboxylic acids is 2. The molecule has 30 heavy (non-hydrogen) atoms. The summed E-state index contributed by atoms with van der Waals surface area (Å²) in [5.41, 5.74) is 0.586. The van der Waals surface area contributed by atoms with Crippen LogP contribution >= 0.6 is 0 Å². The lowest BCUT2D eigenvalue weighted by atomic mass is 9.90. The van der Waals surface area contributed by atoms with Crippen molar-refractivity contribution in [2.45, 2.75) is 44.8 Å². The number of nitrogens with one attached hydrogen (secondary N) is 1. The number of halogens is 1. The van der Waals surface area contributed by atoms with Gasteiger partial charge in [-0.2, -0.15) is 0 Å². The fourth-order valence-electron chi connectivity index (χ4n) is 4.70. The Morgan fingerprint density at radius 1 is 1.23 bits per heavy atom.